The third-order valence-electron chi connectivity index (χ3n) is 8.11. The van der Waals surface area contributed by atoms with Crippen molar-refractivity contribution in [1.82, 2.24) is 0 Å². The van der Waals surface area contributed by atoms with E-state index in [9.17, 15) is 2.74 Å². The topological polar surface area (TPSA) is 13.1 Å². The summed E-state index contributed by atoms with van der Waals surface area (Å²) in [4.78, 5) is 0. The Labute approximate surface area is 281 Å². The second kappa shape index (κ2) is 10.4. The molecule has 0 radical (unpaired) electrons. The second-order valence-electron chi connectivity index (χ2n) is 10.6. The lowest BCUT2D eigenvalue weighted by atomic mass is 9.83. The van der Waals surface area contributed by atoms with E-state index < -0.39 is 90.2 Å². The minimum absolute atomic E-state index is 0.0411. The lowest BCUT2D eigenvalue weighted by Gasteiger charge is -2.20. The standard InChI is InChI=1S/C44H28O/c1-3-14-29(15-4-1)31-18-13-19-32(26-31)43-34-21-7-9-23-36(34)44(37-24-10-8-22-35(37)43)40-27-39-33-20-11-12-25-41(33)45-42(39)28-38(40)30-16-5-2-6-17-30/h1-28H/i1D,2D,3D,4D,5D,6D,13D,14D,15D,16D,17D,18D,19D,26D. The minimum Gasteiger partial charge on any atom is -0.456 e. The molecule has 0 N–H and O–H groups in total. The number of benzene rings is 8. The van der Waals surface area contributed by atoms with Gasteiger partial charge in [0.05, 0.1) is 19.2 Å². The molecule has 0 amide bonds. The summed E-state index contributed by atoms with van der Waals surface area (Å²) in [6.45, 7) is 0. The van der Waals surface area contributed by atoms with Crippen LogP contribution < -0.4 is 0 Å². The van der Waals surface area contributed by atoms with Crippen molar-refractivity contribution in [3.05, 3.63) is 170 Å². The zero-order chi connectivity index (χ0) is 41.9. The Kier molecular flexibility index (Phi) is 3.50. The summed E-state index contributed by atoms with van der Waals surface area (Å²) in [7, 11) is 0. The van der Waals surface area contributed by atoms with Crippen LogP contribution in [0, 0.1) is 0 Å². The molecule has 0 spiro atoms. The molecular weight excluding hydrogens is 544 g/mol. The highest BCUT2D eigenvalue weighted by atomic mass is 16.3. The van der Waals surface area contributed by atoms with E-state index in [1.165, 1.54) is 0 Å². The molecule has 0 aliphatic heterocycles. The van der Waals surface area contributed by atoms with Crippen LogP contribution in [0.2, 0.25) is 0 Å². The molecule has 1 heterocycles. The van der Waals surface area contributed by atoms with E-state index in [1.54, 1.807) is 42.5 Å². The molecule has 1 nitrogen and oxygen atoms in total. The van der Waals surface area contributed by atoms with Gasteiger partial charge < -0.3 is 4.42 Å². The quantitative estimate of drug-likeness (QED) is 0.187. The average Bonchev–Trinajstić information content (AvgIpc) is 3.61. The number of hydrogen-bond donors (Lipinski definition) is 0. The third-order valence-corrected chi connectivity index (χ3v) is 8.11. The van der Waals surface area contributed by atoms with Gasteiger partial charge in [-0.1, -0.05) is 145 Å². The van der Waals surface area contributed by atoms with Gasteiger partial charge in [0.25, 0.3) is 0 Å². The molecule has 0 saturated heterocycles. The maximum atomic E-state index is 9.59. The SMILES string of the molecule is [2H]c1c([2H])c([2H])c(-c2cc3oc4ccccc4c3cc2-c2c3ccccc3c(-c3c([2H])c([2H])c([2H])c(-c4c([2H])c([2H])c([2H])c([2H])c4[2H])c3[2H])c3ccccc23)c([2H])c1[2H]. The van der Waals surface area contributed by atoms with Crippen LogP contribution >= 0.6 is 0 Å². The van der Waals surface area contributed by atoms with E-state index in [-0.39, 0.29) is 16.7 Å². The van der Waals surface area contributed by atoms with E-state index in [0.717, 1.165) is 5.39 Å². The molecule has 8 aromatic carbocycles. The van der Waals surface area contributed by atoms with Gasteiger partial charge in [-0.3, -0.25) is 0 Å². The van der Waals surface area contributed by atoms with Gasteiger partial charge in [0.2, 0.25) is 0 Å². The van der Waals surface area contributed by atoms with Crippen LogP contribution in [0.4, 0.5) is 0 Å². The normalized spacial score (nSPS) is 15.9. The molecular formula is C44H28O. The Morgan fingerprint density at radius 1 is 0.378 bits per heavy atom. The molecule has 1 heteroatoms. The van der Waals surface area contributed by atoms with Gasteiger partial charge >= 0.3 is 0 Å². The molecule has 45 heavy (non-hydrogen) atoms. The van der Waals surface area contributed by atoms with Crippen molar-refractivity contribution < 1.29 is 23.6 Å². The maximum absolute atomic E-state index is 9.59. The Balaban J connectivity index is 1.47. The first kappa shape index (κ1) is 15.2. The van der Waals surface area contributed by atoms with Gasteiger partial charge in [0.15, 0.2) is 0 Å². The van der Waals surface area contributed by atoms with Crippen LogP contribution in [0.5, 0.6) is 0 Å². The highest BCUT2D eigenvalue weighted by Gasteiger charge is 2.21. The zero-order valence-electron chi connectivity index (χ0n) is 37.5. The number of fused-ring (bicyclic) bond motifs is 5. The van der Waals surface area contributed by atoms with Gasteiger partial charge in [-0.25, -0.2) is 0 Å². The smallest absolute Gasteiger partial charge is 0.136 e. The van der Waals surface area contributed by atoms with Crippen LogP contribution in [0.25, 0.3) is 88.0 Å². The first-order chi connectivity index (χ1) is 28.1. The molecule has 0 saturated carbocycles. The van der Waals surface area contributed by atoms with Crippen molar-refractivity contribution in [3.63, 3.8) is 0 Å². The number of hydrogen-bond acceptors (Lipinski definition) is 1. The lowest BCUT2D eigenvalue weighted by Crippen LogP contribution is -1.93. The minimum atomic E-state index is -0.666. The summed E-state index contributed by atoms with van der Waals surface area (Å²) < 4.78 is 129. The van der Waals surface area contributed by atoms with E-state index in [0.29, 0.717) is 60.4 Å². The van der Waals surface area contributed by atoms with Gasteiger partial charge in [-0.05, 0) is 90.3 Å². The molecule has 0 fully saturated rings. The van der Waals surface area contributed by atoms with E-state index >= 15 is 0 Å². The summed E-state index contributed by atoms with van der Waals surface area (Å²) in [5.41, 5.74) is 1.81. The van der Waals surface area contributed by atoms with Crippen molar-refractivity contribution in [2.24, 2.45) is 0 Å². The highest BCUT2D eigenvalue weighted by Crippen LogP contribution is 2.48. The van der Waals surface area contributed by atoms with Crippen LogP contribution in [0.3, 0.4) is 0 Å². The van der Waals surface area contributed by atoms with Gasteiger partial charge in [0, 0.05) is 10.8 Å². The van der Waals surface area contributed by atoms with Crippen LogP contribution in [-0.2, 0) is 0 Å². The average molecular weight is 587 g/mol. The van der Waals surface area contributed by atoms with Crippen molar-refractivity contribution >= 4 is 43.5 Å². The van der Waals surface area contributed by atoms with Crippen LogP contribution in [0.1, 0.15) is 19.2 Å². The predicted molar refractivity (Wildman–Crippen MR) is 190 cm³/mol. The van der Waals surface area contributed by atoms with Crippen molar-refractivity contribution in [2.75, 3.05) is 0 Å². The van der Waals surface area contributed by atoms with Gasteiger partial charge in [-0.2, -0.15) is 0 Å². The second-order valence-corrected chi connectivity index (χ2v) is 10.6. The predicted octanol–water partition coefficient (Wildman–Crippen LogP) is 12.6. The number of furan rings is 1. The first-order valence-corrected chi connectivity index (χ1v) is 14.3. The summed E-state index contributed by atoms with van der Waals surface area (Å²) in [6, 6.07) is 17.5. The molecule has 210 valence electrons. The Hall–Kier alpha value is -5.92. The molecule has 0 bridgehead atoms. The van der Waals surface area contributed by atoms with E-state index in [1.807, 2.05) is 42.5 Å². The fourth-order valence-electron chi connectivity index (χ4n) is 6.23. The summed E-state index contributed by atoms with van der Waals surface area (Å²) in [6.07, 6.45) is 0. The molecule has 9 aromatic rings. The number of para-hydroxylation sites is 1. The lowest BCUT2D eigenvalue weighted by molar-refractivity contribution is 0.669. The molecule has 0 aliphatic rings. The fraction of sp³-hybridized carbons (Fsp3) is 0. The largest absolute Gasteiger partial charge is 0.456 e. The van der Waals surface area contributed by atoms with Gasteiger partial charge in [0.1, 0.15) is 11.2 Å². The van der Waals surface area contributed by atoms with E-state index in [4.69, 9.17) is 20.9 Å². The van der Waals surface area contributed by atoms with Crippen molar-refractivity contribution in [3.8, 4) is 44.5 Å². The third kappa shape index (κ3) is 4.17. The molecule has 1 aromatic heterocycles. The maximum Gasteiger partial charge on any atom is 0.136 e. The van der Waals surface area contributed by atoms with Gasteiger partial charge in [-0.15, -0.1) is 0 Å². The summed E-state index contributed by atoms with van der Waals surface area (Å²) in [5.74, 6) is 0. The van der Waals surface area contributed by atoms with Crippen LogP contribution in [-0.4, -0.2) is 0 Å². The van der Waals surface area contributed by atoms with E-state index in [2.05, 4.69) is 0 Å². The summed E-state index contributed by atoms with van der Waals surface area (Å²) >= 11 is 0. The summed E-state index contributed by atoms with van der Waals surface area (Å²) in [5, 5.41) is 3.64. The monoisotopic (exact) mass is 586 g/mol. The van der Waals surface area contributed by atoms with Crippen LogP contribution in [0.15, 0.2) is 174 Å². The number of rotatable bonds is 4. The first-order valence-electron chi connectivity index (χ1n) is 21.3. The highest BCUT2D eigenvalue weighted by molar-refractivity contribution is 6.23. The molecule has 0 aliphatic carbocycles. The molecule has 9 rings (SSSR count). The zero-order valence-corrected chi connectivity index (χ0v) is 23.5. The fourth-order valence-corrected chi connectivity index (χ4v) is 6.23. The Morgan fingerprint density at radius 3 is 1.58 bits per heavy atom. The van der Waals surface area contributed by atoms with Crippen molar-refractivity contribution in [2.45, 2.75) is 0 Å². The molecule has 0 atom stereocenters. The van der Waals surface area contributed by atoms with Crippen molar-refractivity contribution in [1.29, 1.82) is 0 Å². The molecule has 0 unspecified atom stereocenters. The Morgan fingerprint density at radius 2 is 0.911 bits per heavy atom. The Bertz CT molecular complexity index is 3220.